The average molecular weight is 228 g/mol. The van der Waals surface area contributed by atoms with E-state index in [1.165, 1.54) is 0 Å². The Bertz CT molecular complexity index is 565. The van der Waals surface area contributed by atoms with Crippen LogP contribution in [-0.2, 0) is 4.79 Å². The highest BCUT2D eigenvalue weighted by Crippen LogP contribution is 2.16. The van der Waals surface area contributed by atoms with Gasteiger partial charge in [-0.15, -0.1) is 0 Å². The number of carbonyl (C=O) groups excluding carboxylic acids is 1. The molecule has 1 aliphatic rings. The molecule has 3 rings (SSSR count). The maximum Gasteiger partial charge on any atom is 0.230 e. The lowest BCUT2D eigenvalue weighted by Crippen LogP contribution is -2.48. The van der Waals surface area contributed by atoms with Crippen molar-refractivity contribution in [2.45, 2.75) is 0 Å². The standard InChI is InChI=1S/C12H12N4O/c17-12(8-6-13-7-8)16-9-1-2-10-11(5-9)15-4-3-14-10/h1-5,8,13H,6-7H2,(H,16,17). The monoisotopic (exact) mass is 228 g/mol. The molecule has 0 aliphatic carbocycles. The molecular weight excluding hydrogens is 216 g/mol. The van der Waals surface area contributed by atoms with E-state index in [0.29, 0.717) is 0 Å². The molecule has 0 unspecified atom stereocenters. The van der Waals surface area contributed by atoms with Crippen LogP contribution in [0.1, 0.15) is 0 Å². The molecule has 0 radical (unpaired) electrons. The van der Waals surface area contributed by atoms with Gasteiger partial charge in [-0.1, -0.05) is 0 Å². The maximum absolute atomic E-state index is 11.7. The van der Waals surface area contributed by atoms with Gasteiger partial charge in [0.2, 0.25) is 5.91 Å². The third-order valence-electron chi connectivity index (χ3n) is 2.89. The van der Waals surface area contributed by atoms with Crippen molar-refractivity contribution in [2.75, 3.05) is 18.4 Å². The first kappa shape index (κ1) is 10.2. The number of hydrogen-bond donors (Lipinski definition) is 2. The molecule has 0 bridgehead atoms. The predicted octanol–water partition coefficient (Wildman–Crippen LogP) is 0.788. The van der Waals surface area contributed by atoms with Gasteiger partial charge in [0.25, 0.3) is 0 Å². The van der Waals surface area contributed by atoms with E-state index in [1.54, 1.807) is 12.4 Å². The highest BCUT2D eigenvalue weighted by molar-refractivity contribution is 5.95. The van der Waals surface area contributed by atoms with Crippen LogP contribution in [0.15, 0.2) is 30.6 Å². The highest BCUT2D eigenvalue weighted by Gasteiger charge is 2.24. The van der Waals surface area contributed by atoms with E-state index in [-0.39, 0.29) is 11.8 Å². The molecule has 5 heteroatoms. The number of benzene rings is 1. The van der Waals surface area contributed by atoms with E-state index < -0.39 is 0 Å². The van der Waals surface area contributed by atoms with Crippen LogP contribution < -0.4 is 10.6 Å². The zero-order valence-electron chi connectivity index (χ0n) is 9.18. The molecule has 1 aromatic heterocycles. The molecule has 0 spiro atoms. The Morgan fingerprint density at radius 1 is 1.24 bits per heavy atom. The van der Waals surface area contributed by atoms with Gasteiger partial charge >= 0.3 is 0 Å². The molecule has 0 atom stereocenters. The highest BCUT2D eigenvalue weighted by atomic mass is 16.2. The van der Waals surface area contributed by atoms with Crippen molar-refractivity contribution in [3.05, 3.63) is 30.6 Å². The summed E-state index contributed by atoms with van der Waals surface area (Å²) >= 11 is 0. The minimum atomic E-state index is 0.0620. The molecule has 1 aromatic carbocycles. The molecular formula is C12H12N4O. The number of fused-ring (bicyclic) bond motifs is 1. The number of carbonyl (C=O) groups is 1. The van der Waals surface area contributed by atoms with Crippen molar-refractivity contribution >= 4 is 22.6 Å². The van der Waals surface area contributed by atoms with Crippen molar-refractivity contribution in [3.63, 3.8) is 0 Å². The second-order valence-electron chi connectivity index (χ2n) is 4.10. The Hall–Kier alpha value is -2.01. The fourth-order valence-electron chi connectivity index (χ4n) is 1.76. The minimum absolute atomic E-state index is 0.0620. The van der Waals surface area contributed by atoms with Crippen molar-refractivity contribution < 1.29 is 4.79 Å². The Kier molecular flexibility index (Phi) is 2.45. The summed E-state index contributed by atoms with van der Waals surface area (Å²) in [6, 6.07) is 5.55. The first-order chi connectivity index (χ1) is 8.33. The molecule has 17 heavy (non-hydrogen) atoms. The van der Waals surface area contributed by atoms with Crippen LogP contribution in [0.5, 0.6) is 0 Å². The number of nitrogens with one attached hydrogen (secondary N) is 2. The van der Waals surface area contributed by atoms with Crippen LogP contribution in [0.4, 0.5) is 5.69 Å². The maximum atomic E-state index is 11.7. The molecule has 2 N–H and O–H groups in total. The lowest BCUT2D eigenvalue weighted by atomic mass is 10.0. The van der Waals surface area contributed by atoms with Crippen molar-refractivity contribution in [3.8, 4) is 0 Å². The van der Waals surface area contributed by atoms with Gasteiger partial charge in [-0.3, -0.25) is 14.8 Å². The van der Waals surface area contributed by atoms with E-state index in [2.05, 4.69) is 20.6 Å². The van der Waals surface area contributed by atoms with E-state index in [0.717, 1.165) is 29.8 Å². The third kappa shape index (κ3) is 1.97. The Morgan fingerprint density at radius 2 is 2.00 bits per heavy atom. The lowest BCUT2D eigenvalue weighted by Gasteiger charge is -2.25. The number of amides is 1. The Balaban J connectivity index is 1.82. The smallest absolute Gasteiger partial charge is 0.230 e. The second-order valence-corrected chi connectivity index (χ2v) is 4.10. The zero-order chi connectivity index (χ0) is 11.7. The molecule has 0 saturated carbocycles. The third-order valence-corrected chi connectivity index (χ3v) is 2.89. The largest absolute Gasteiger partial charge is 0.326 e. The minimum Gasteiger partial charge on any atom is -0.326 e. The molecule has 1 amide bonds. The van der Waals surface area contributed by atoms with E-state index in [9.17, 15) is 4.79 Å². The van der Waals surface area contributed by atoms with Gasteiger partial charge in [-0.05, 0) is 18.2 Å². The summed E-state index contributed by atoms with van der Waals surface area (Å²) in [5, 5.41) is 5.96. The fourth-order valence-corrected chi connectivity index (χ4v) is 1.76. The predicted molar refractivity (Wildman–Crippen MR) is 64.5 cm³/mol. The van der Waals surface area contributed by atoms with Crippen molar-refractivity contribution in [2.24, 2.45) is 5.92 Å². The summed E-state index contributed by atoms with van der Waals surface area (Å²) in [6.45, 7) is 1.53. The van der Waals surface area contributed by atoms with Crippen LogP contribution >= 0.6 is 0 Å². The zero-order valence-corrected chi connectivity index (χ0v) is 9.18. The molecule has 1 fully saturated rings. The summed E-state index contributed by atoms with van der Waals surface area (Å²) in [7, 11) is 0. The van der Waals surface area contributed by atoms with Gasteiger partial charge in [0.15, 0.2) is 0 Å². The number of nitrogens with zero attached hydrogens (tertiary/aromatic N) is 2. The summed E-state index contributed by atoms with van der Waals surface area (Å²) in [5.41, 5.74) is 2.39. The SMILES string of the molecule is O=C(Nc1ccc2nccnc2c1)C1CNC1. The van der Waals surface area contributed by atoms with Crippen LogP contribution in [0.25, 0.3) is 11.0 Å². The van der Waals surface area contributed by atoms with Crippen LogP contribution in [-0.4, -0.2) is 29.0 Å². The van der Waals surface area contributed by atoms with Gasteiger partial charge < -0.3 is 10.6 Å². The van der Waals surface area contributed by atoms with Crippen LogP contribution in [0.2, 0.25) is 0 Å². The molecule has 1 aliphatic heterocycles. The molecule has 2 aromatic rings. The normalized spacial score (nSPS) is 15.5. The topological polar surface area (TPSA) is 66.9 Å². The molecule has 2 heterocycles. The number of rotatable bonds is 2. The van der Waals surface area contributed by atoms with Gasteiger partial charge in [-0.2, -0.15) is 0 Å². The van der Waals surface area contributed by atoms with Gasteiger partial charge in [-0.25, -0.2) is 0 Å². The van der Waals surface area contributed by atoms with Gasteiger partial charge in [0.05, 0.1) is 17.0 Å². The van der Waals surface area contributed by atoms with Crippen molar-refractivity contribution in [1.82, 2.24) is 15.3 Å². The van der Waals surface area contributed by atoms with Gasteiger partial charge in [0, 0.05) is 31.2 Å². The molecule has 5 nitrogen and oxygen atoms in total. The lowest BCUT2D eigenvalue weighted by molar-refractivity contribution is -0.121. The first-order valence-electron chi connectivity index (χ1n) is 5.55. The summed E-state index contributed by atoms with van der Waals surface area (Å²) in [4.78, 5) is 20.1. The van der Waals surface area contributed by atoms with Crippen LogP contribution in [0, 0.1) is 5.92 Å². The summed E-state index contributed by atoms with van der Waals surface area (Å²) in [5.74, 6) is 0.152. The van der Waals surface area contributed by atoms with E-state index in [1.807, 2.05) is 18.2 Å². The first-order valence-corrected chi connectivity index (χ1v) is 5.55. The van der Waals surface area contributed by atoms with Crippen LogP contribution in [0.3, 0.4) is 0 Å². The molecule has 86 valence electrons. The Labute approximate surface area is 98.3 Å². The summed E-state index contributed by atoms with van der Waals surface area (Å²) in [6.07, 6.45) is 3.30. The molecule has 1 saturated heterocycles. The Morgan fingerprint density at radius 3 is 2.71 bits per heavy atom. The summed E-state index contributed by atoms with van der Waals surface area (Å²) < 4.78 is 0. The number of anilines is 1. The van der Waals surface area contributed by atoms with Crippen molar-refractivity contribution in [1.29, 1.82) is 0 Å². The average Bonchev–Trinajstić information content (AvgIpc) is 2.26. The number of aromatic nitrogens is 2. The fraction of sp³-hybridized carbons (Fsp3) is 0.250. The quantitative estimate of drug-likeness (QED) is 0.797. The van der Waals surface area contributed by atoms with Gasteiger partial charge in [0.1, 0.15) is 0 Å². The van der Waals surface area contributed by atoms with E-state index in [4.69, 9.17) is 0 Å². The number of hydrogen-bond acceptors (Lipinski definition) is 4. The van der Waals surface area contributed by atoms with E-state index >= 15 is 0 Å². The second kappa shape index (κ2) is 4.10.